The van der Waals surface area contributed by atoms with E-state index in [1.165, 1.54) is 43.4 Å². The molecular weight excluding hydrogens is 521 g/mol. The van der Waals surface area contributed by atoms with E-state index in [0.717, 1.165) is 25.6 Å². The Kier molecular flexibility index (Phi) is 12.2. The van der Waals surface area contributed by atoms with E-state index in [1.807, 2.05) is 11.3 Å². The number of thiophene rings is 1. The van der Waals surface area contributed by atoms with Crippen molar-refractivity contribution >= 4 is 47.2 Å². The maximum atomic E-state index is 12.1. The van der Waals surface area contributed by atoms with Gasteiger partial charge in [-0.1, -0.05) is 18.9 Å². The van der Waals surface area contributed by atoms with Crippen molar-refractivity contribution in [1.82, 2.24) is 20.9 Å². The first-order valence-electron chi connectivity index (χ1n) is 11.7. The van der Waals surface area contributed by atoms with Gasteiger partial charge in [0.1, 0.15) is 0 Å². The van der Waals surface area contributed by atoms with E-state index in [9.17, 15) is 4.79 Å². The molecule has 0 bridgehead atoms. The van der Waals surface area contributed by atoms with Crippen LogP contribution in [0, 0.1) is 11.8 Å². The summed E-state index contributed by atoms with van der Waals surface area (Å²) in [7, 11) is 2.23. The molecule has 0 spiro atoms. The van der Waals surface area contributed by atoms with Crippen molar-refractivity contribution in [2.75, 3.05) is 39.8 Å². The number of amides is 1. The molecule has 3 rings (SSSR count). The van der Waals surface area contributed by atoms with Gasteiger partial charge in [-0.15, -0.1) is 35.3 Å². The number of likely N-dealkylation sites (tertiary alicyclic amines) is 1. The zero-order valence-electron chi connectivity index (χ0n) is 19.1. The fourth-order valence-electron chi connectivity index (χ4n) is 4.84. The lowest BCUT2D eigenvalue weighted by Gasteiger charge is -2.38. The third-order valence-electron chi connectivity index (χ3n) is 6.36. The van der Waals surface area contributed by atoms with Crippen LogP contribution >= 0.6 is 35.3 Å². The third kappa shape index (κ3) is 8.53. The lowest BCUT2D eigenvalue weighted by Crippen LogP contribution is -2.42. The molecule has 1 aromatic heterocycles. The molecule has 6 nitrogen and oxygen atoms in total. The van der Waals surface area contributed by atoms with Crippen LogP contribution in [-0.4, -0.2) is 56.5 Å². The fraction of sp³-hybridized carbons (Fsp3) is 0.739. The monoisotopic (exact) mass is 561 g/mol. The highest BCUT2D eigenvalue weighted by molar-refractivity contribution is 14.0. The zero-order valence-corrected chi connectivity index (χ0v) is 22.2. The van der Waals surface area contributed by atoms with Crippen molar-refractivity contribution in [2.24, 2.45) is 16.8 Å². The van der Waals surface area contributed by atoms with Crippen LogP contribution in [0.15, 0.2) is 22.5 Å². The van der Waals surface area contributed by atoms with Crippen LogP contribution < -0.4 is 16.0 Å². The van der Waals surface area contributed by atoms with Gasteiger partial charge in [0.2, 0.25) is 5.91 Å². The summed E-state index contributed by atoms with van der Waals surface area (Å²) in [5.74, 6) is 2.17. The summed E-state index contributed by atoms with van der Waals surface area (Å²) < 4.78 is 0. The van der Waals surface area contributed by atoms with Crippen LogP contribution in [0.3, 0.4) is 0 Å². The predicted octanol–water partition coefficient (Wildman–Crippen LogP) is 4.00. The molecule has 1 amide bonds. The van der Waals surface area contributed by atoms with E-state index >= 15 is 0 Å². The van der Waals surface area contributed by atoms with Crippen molar-refractivity contribution in [3.05, 3.63) is 22.4 Å². The number of piperidine rings is 1. The normalized spacial score (nSPS) is 22.7. The number of hydrogen-bond donors (Lipinski definition) is 3. The molecule has 1 saturated heterocycles. The molecule has 2 atom stereocenters. The average molecular weight is 562 g/mol. The molecule has 2 fully saturated rings. The highest BCUT2D eigenvalue weighted by Gasteiger charge is 2.31. The Morgan fingerprint density at radius 1 is 1.16 bits per heavy atom. The molecule has 0 radical (unpaired) electrons. The van der Waals surface area contributed by atoms with Crippen molar-refractivity contribution in [3.63, 3.8) is 0 Å². The molecule has 2 unspecified atom stereocenters. The van der Waals surface area contributed by atoms with Gasteiger partial charge >= 0.3 is 0 Å². The second kappa shape index (κ2) is 14.3. The van der Waals surface area contributed by atoms with Gasteiger partial charge < -0.3 is 16.0 Å². The second-order valence-corrected chi connectivity index (χ2v) is 9.67. The highest BCUT2D eigenvalue weighted by Crippen LogP contribution is 2.37. The molecule has 31 heavy (non-hydrogen) atoms. The van der Waals surface area contributed by atoms with Crippen LogP contribution in [0.1, 0.15) is 62.8 Å². The number of rotatable bonds is 9. The molecule has 8 heteroatoms. The van der Waals surface area contributed by atoms with Gasteiger partial charge in [0.25, 0.3) is 0 Å². The molecule has 176 valence electrons. The third-order valence-corrected chi connectivity index (χ3v) is 7.30. The molecule has 3 N–H and O–H groups in total. The lowest BCUT2D eigenvalue weighted by atomic mass is 9.88. The fourth-order valence-corrected chi connectivity index (χ4v) is 5.83. The lowest BCUT2D eigenvalue weighted by molar-refractivity contribution is -0.121. The smallest absolute Gasteiger partial charge is 0.220 e. The van der Waals surface area contributed by atoms with Crippen LogP contribution in [0.25, 0.3) is 0 Å². The first-order chi connectivity index (χ1) is 14.7. The molecule has 0 aromatic carbocycles. The summed E-state index contributed by atoms with van der Waals surface area (Å²) in [5, 5.41) is 12.0. The number of halogens is 1. The Balaban J connectivity index is 0.00000341. The van der Waals surface area contributed by atoms with Gasteiger partial charge in [-0.05, 0) is 69.5 Å². The standard InChI is InChI=1S/C23H39N5OS.HI/c1-3-24-23(26-13-12-25-21(29)16-18-8-4-5-9-18)27-17-19-10-6-14-28(2)22(19)20-11-7-15-30-20;/h7,11,15,18-19,22H,3-6,8-10,12-14,16-17H2,1-2H3,(H,25,29)(H2,24,26,27);1H. The minimum atomic E-state index is 0. The van der Waals surface area contributed by atoms with Gasteiger partial charge in [0, 0.05) is 43.5 Å². The van der Waals surface area contributed by atoms with Crippen molar-refractivity contribution in [3.8, 4) is 0 Å². The maximum absolute atomic E-state index is 12.1. The highest BCUT2D eigenvalue weighted by atomic mass is 127. The van der Waals surface area contributed by atoms with E-state index in [2.05, 4.69) is 52.3 Å². The van der Waals surface area contributed by atoms with E-state index in [-0.39, 0.29) is 29.9 Å². The Labute approximate surface area is 209 Å². The summed E-state index contributed by atoms with van der Waals surface area (Å²) in [6, 6.07) is 4.86. The van der Waals surface area contributed by atoms with Crippen molar-refractivity contribution in [2.45, 2.75) is 57.9 Å². The van der Waals surface area contributed by atoms with E-state index in [0.29, 0.717) is 37.4 Å². The number of aliphatic imine (C=N–C) groups is 1. The first kappa shape index (κ1) is 26.4. The molecule has 1 aliphatic heterocycles. The number of hydrogen-bond acceptors (Lipinski definition) is 4. The maximum Gasteiger partial charge on any atom is 0.220 e. The van der Waals surface area contributed by atoms with Gasteiger partial charge in [0.05, 0.1) is 0 Å². The minimum Gasteiger partial charge on any atom is -0.357 e. The minimum absolute atomic E-state index is 0. The summed E-state index contributed by atoms with van der Waals surface area (Å²) >= 11 is 1.85. The Morgan fingerprint density at radius 2 is 1.94 bits per heavy atom. The molecule has 2 aliphatic rings. The van der Waals surface area contributed by atoms with Crippen molar-refractivity contribution in [1.29, 1.82) is 0 Å². The first-order valence-corrected chi connectivity index (χ1v) is 12.6. The second-order valence-electron chi connectivity index (χ2n) is 8.69. The Hall–Kier alpha value is -0.870. The predicted molar refractivity (Wildman–Crippen MR) is 141 cm³/mol. The van der Waals surface area contributed by atoms with Gasteiger partial charge in [-0.2, -0.15) is 0 Å². The van der Waals surface area contributed by atoms with Crippen LogP contribution in [0.2, 0.25) is 0 Å². The summed E-state index contributed by atoms with van der Waals surface area (Å²) in [4.78, 5) is 20.9. The topological polar surface area (TPSA) is 68.8 Å². The van der Waals surface area contributed by atoms with E-state index in [4.69, 9.17) is 4.99 Å². The zero-order chi connectivity index (χ0) is 21.2. The van der Waals surface area contributed by atoms with Gasteiger partial charge in [0.15, 0.2) is 5.96 Å². The van der Waals surface area contributed by atoms with E-state index in [1.54, 1.807) is 0 Å². The van der Waals surface area contributed by atoms with E-state index < -0.39 is 0 Å². The number of nitrogens with one attached hydrogen (secondary N) is 3. The largest absolute Gasteiger partial charge is 0.357 e. The molecule has 1 aromatic rings. The van der Waals surface area contributed by atoms with Crippen molar-refractivity contribution < 1.29 is 4.79 Å². The quantitative estimate of drug-likeness (QED) is 0.185. The summed E-state index contributed by atoms with van der Waals surface area (Å²) in [6.07, 6.45) is 8.13. The molecule has 2 heterocycles. The van der Waals surface area contributed by atoms with Crippen LogP contribution in [0.5, 0.6) is 0 Å². The Morgan fingerprint density at radius 3 is 2.65 bits per heavy atom. The number of guanidine groups is 1. The van der Waals surface area contributed by atoms with Gasteiger partial charge in [-0.25, -0.2) is 0 Å². The summed E-state index contributed by atoms with van der Waals surface area (Å²) in [6.45, 7) is 6.22. The summed E-state index contributed by atoms with van der Waals surface area (Å²) in [5.41, 5.74) is 0. The number of carbonyl (C=O) groups is 1. The molecule has 1 saturated carbocycles. The average Bonchev–Trinajstić information content (AvgIpc) is 3.43. The number of nitrogens with zero attached hydrogens (tertiary/aromatic N) is 2. The molecular formula is C23H40IN5OS. The Bertz CT molecular complexity index is 663. The van der Waals surface area contributed by atoms with Gasteiger partial charge in [-0.3, -0.25) is 14.7 Å². The molecule has 1 aliphatic carbocycles. The van der Waals surface area contributed by atoms with Crippen LogP contribution in [0.4, 0.5) is 0 Å². The van der Waals surface area contributed by atoms with Crippen LogP contribution in [-0.2, 0) is 4.79 Å². The SMILES string of the molecule is CCNC(=NCC1CCCN(C)C1c1cccs1)NCCNC(=O)CC1CCCC1.I. The number of carbonyl (C=O) groups excluding carboxylic acids is 1.